The number of hydrogen-bond donors (Lipinski definition) is 2. The molecule has 0 amide bonds. The van der Waals surface area contributed by atoms with Crippen molar-refractivity contribution in [3.63, 3.8) is 0 Å². The van der Waals surface area contributed by atoms with Crippen LogP contribution in [0.5, 0.6) is 0 Å². The largest absolute Gasteiger partial charge is 0.366 e. The molecule has 148 valence electrons. The predicted octanol–water partition coefficient (Wildman–Crippen LogP) is 3.83. The van der Waals surface area contributed by atoms with Gasteiger partial charge >= 0.3 is 0 Å². The van der Waals surface area contributed by atoms with E-state index in [-0.39, 0.29) is 0 Å². The van der Waals surface area contributed by atoms with Crippen LogP contribution >= 0.6 is 0 Å². The molecule has 0 spiro atoms. The van der Waals surface area contributed by atoms with Gasteiger partial charge in [-0.05, 0) is 18.1 Å². The van der Waals surface area contributed by atoms with Crippen molar-refractivity contribution in [3.8, 4) is 0 Å². The molecule has 0 saturated carbocycles. The molecule has 0 bridgehead atoms. The number of hydrogen-bond acceptors (Lipinski definition) is 6. The summed E-state index contributed by atoms with van der Waals surface area (Å²) in [5.74, 6) is 0.836. The molecule has 0 radical (unpaired) electrons. The Morgan fingerprint density at radius 1 is 1.07 bits per heavy atom. The van der Waals surface area contributed by atoms with Crippen molar-refractivity contribution in [2.45, 2.75) is 39.2 Å². The van der Waals surface area contributed by atoms with Crippen molar-refractivity contribution in [1.82, 2.24) is 29.9 Å². The normalized spacial score (nSPS) is 11.1. The molecule has 7 nitrogen and oxygen atoms in total. The van der Waals surface area contributed by atoms with Crippen LogP contribution in [0.1, 0.15) is 42.3 Å². The molecule has 0 aromatic carbocycles. The Balaban J connectivity index is 1.39. The van der Waals surface area contributed by atoms with Crippen LogP contribution in [-0.4, -0.2) is 29.9 Å². The summed E-state index contributed by atoms with van der Waals surface area (Å²) in [6.07, 6.45) is 12.1. The van der Waals surface area contributed by atoms with Crippen LogP contribution in [0.3, 0.4) is 0 Å². The molecular weight excluding hydrogens is 369 g/mol. The van der Waals surface area contributed by atoms with Gasteiger partial charge in [0.2, 0.25) is 5.95 Å². The lowest BCUT2D eigenvalue weighted by molar-refractivity contribution is 0.571. The second-order valence-electron chi connectivity index (χ2n) is 6.89. The molecule has 0 saturated heterocycles. The van der Waals surface area contributed by atoms with Gasteiger partial charge < -0.3 is 10.3 Å². The third kappa shape index (κ3) is 4.53. The molecule has 0 atom stereocenters. The van der Waals surface area contributed by atoms with E-state index in [9.17, 15) is 4.39 Å². The lowest BCUT2D eigenvalue weighted by atomic mass is 10.1. The summed E-state index contributed by atoms with van der Waals surface area (Å²) in [6, 6.07) is 3.53. The number of aryl methyl sites for hydroxylation is 1. The molecule has 8 heteroatoms. The highest BCUT2D eigenvalue weighted by atomic mass is 19.1. The summed E-state index contributed by atoms with van der Waals surface area (Å²) in [7, 11) is 0. The van der Waals surface area contributed by atoms with Gasteiger partial charge in [-0.3, -0.25) is 0 Å². The zero-order valence-corrected chi connectivity index (χ0v) is 16.2. The minimum Gasteiger partial charge on any atom is -0.366 e. The van der Waals surface area contributed by atoms with Crippen LogP contribution in [0, 0.1) is 5.95 Å². The van der Waals surface area contributed by atoms with Gasteiger partial charge in [0.1, 0.15) is 23.6 Å². The number of aromatic amines is 1. The van der Waals surface area contributed by atoms with E-state index < -0.39 is 5.95 Å². The summed E-state index contributed by atoms with van der Waals surface area (Å²) in [5, 5.41) is 4.01. The van der Waals surface area contributed by atoms with Crippen LogP contribution in [0.15, 0.2) is 43.2 Å². The minimum atomic E-state index is -0.493. The van der Waals surface area contributed by atoms with E-state index in [4.69, 9.17) is 0 Å². The first kappa shape index (κ1) is 18.9. The molecule has 4 rings (SSSR count). The number of rotatable bonds is 8. The van der Waals surface area contributed by atoms with Crippen molar-refractivity contribution in [2.24, 2.45) is 0 Å². The van der Waals surface area contributed by atoms with Crippen LogP contribution in [0.4, 0.5) is 10.2 Å². The summed E-state index contributed by atoms with van der Waals surface area (Å²) in [4.78, 5) is 24.1. The highest BCUT2D eigenvalue weighted by Crippen LogP contribution is 2.20. The summed E-state index contributed by atoms with van der Waals surface area (Å²) < 4.78 is 14.5. The van der Waals surface area contributed by atoms with Crippen LogP contribution in [0.2, 0.25) is 0 Å². The fourth-order valence-corrected chi connectivity index (χ4v) is 3.09. The number of aromatic nitrogens is 6. The average molecular weight is 391 g/mol. The Morgan fingerprint density at radius 2 is 1.93 bits per heavy atom. The van der Waals surface area contributed by atoms with Gasteiger partial charge in [-0.2, -0.15) is 4.39 Å². The Morgan fingerprint density at radius 3 is 2.72 bits per heavy atom. The van der Waals surface area contributed by atoms with E-state index in [1.807, 2.05) is 6.20 Å². The minimum absolute atomic E-state index is 0.416. The zero-order chi connectivity index (χ0) is 20.1. The molecule has 0 fully saturated rings. The van der Waals surface area contributed by atoms with Gasteiger partial charge in [0.05, 0.1) is 0 Å². The Labute approximate surface area is 167 Å². The number of nitrogens with one attached hydrogen (secondary N) is 2. The second-order valence-corrected chi connectivity index (χ2v) is 6.89. The quantitative estimate of drug-likeness (QED) is 0.444. The van der Waals surface area contributed by atoms with Gasteiger partial charge in [-0.1, -0.05) is 19.4 Å². The van der Waals surface area contributed by atoms with E-state index in [0.717, 1.165) is 47.2 Å². The molecule has 29 heavy (non-hydrogen) atoms. The first-order chi connectivity index (χ1) is 14.2. The summed E-state index contributed by atoms with van der Waals surface area (Å²) >= 11 is 0. The van der Waals surface area contributed by atoms with E-state index in [0.29, 0.717) is 24.3 Å². The number of H-pyrrole nitrogens is 1. The molecule has 2 N–H and O–H groups in total. The topological polar surface area (TPSA) is 92.3 Å². The van der Waals surface area contributed by atoms with Crippen molar-refractivity contribution in [1.29, 1.82) is 0 Å². The average Bonchev–Trinajstić information content (AvgIpc) is 3.16. The number of fused-ring (bicyclic) bond motifs is 1. The van der Waals surface area contributed by atoms with Gasteiger partial charge in [0.15, 0.2) is 0 Å². The standard InChI is InChI=1S/C21H22FN7/c1-2-3-4-18-24-8-14(9-25-18)10-26-19-6-5-15(20(22)29-19)7-16-11-27-21-17(16)12-23-13-28-21/h5-6,8-9,11-13H,2-4,7,10H2,1H3,(H,26,29)(H,23,27,28). The maximum atomic E-state index is 14.5. The predicted molar refractivity (Wildman–Crippen MR) is 109 cm³/mol. The highest BCUT2D eigenvalue weighted by molar-refractivity contribution is 5.78. The van der Waals surface area contributed by atoms with Gasteiger partial charge in [-0.15, -0.1) is 0 Å². The number of pyridine rings is 1. The molecule has 0 aliphatic rings. The number of nitrogens with zero attached hydrogens (tertiary/aromatic N) is 5. The molecule has 4 aromatic rings. The SMILES string of the molecule is CCCCc1ncc(CNc2ccc(Cc3c[nH]c4ncncc34)c(F)n2)cn1. The van der Waals surface area contributed by atoms with Gasteiger partial charge in [0, 0.05) is 60.7 Å². The zero-order valence-electron chi connectivity index (χ0n) is 16.2. The fraction of sp³-hybridized carbons (Fsp3) is 0.286. The monoisotopic (exact) mass is 391 g/mol. The maximum absolute atomic E-state index is 14.5. The lowest BCUT2D eigenvalue weighted by Gasteiger charge is -2.08. The maximum Gasteiger partial charge on any atom is 0.218 e. The van der Waals surface area contributed by atoms with E-state index >= 15 is 0 Å². The second kappa shape index (κ2) is 8.72. The first-order valence-electron chi connectivity index (χ1n) is 9.68. The highest BCUT2D eigenvalue weighted by Gasteiger charge is 2.11. The van der Waals surface area contributed by atoms with Crippen LogP contribution < -0.4 is 5.32 Å². The smallest absolute Gasteiger partial charge is 0.218 e. The van der Waals surface area contributed by atoms with Crippen molar-refractivity contribution < 1.29 is 4.39 Å². The van der Waals surface area contributed by atoms with Crippen LogP contribution in [0.25, 0.3) is 11.0 Å². The Hall–Kier alpha value is -3.42. The number of halogens is 1. The summed E-state index contributed by atoms with van der Waals surface area (Å²) in [5.41, 5.74) is 3.12. The molecule has 4 heterocycles. The third-order valence-corrected chi connectivity index (χ3v) is 4.73. The third-order valence-electron chi connectivity index (χ3n) is 4.73. The van der Waals surface area contributed by atoms with Gasteiger partial charge in [-0.25, -0.2) is 24.9 Å². The number of unbranched alkanes of at least 4 members (excludes halogenated alkanes) is 1. The van der Waals surface area contributed by atoms with E-state index in [2.05, 4.69) is 42.1 Å². The van der Waals surface area contributed by atoms with Gasteiger partial charge in [0.25, 0.3) is 0 Å². The Bertz CT molecular complexity index is 1090. The fourth-order valence-electron chi connectivity index (χ4n) is 3.09. The molecule has 4 aromatic heterocycles. The number of anilines is 1. The summed E-state index contributed by atoms with van der Waals surface area (Å²) in [6.45, 7) is 2.63. The molecule has 0 unspecified atom stereocenters. The molecule has 0 aliphatic carbocycles. The van der Waals surface area contributed by atoms with Crippen molar-refractivity contribution in [3.05, 3.63) is 71.7 Å². The first-order valence-corrected chi connectivity index (χ1v) is 9.68. The van der Waals surface area contributed by atoms with Crippen molar-refractivity contribution >= 4 is 16.9 Å². The van der Waals surface area contributed by atoms with E-state index in [1.165, 1.54) is 6.33 Å². The van der Waals surface area contributed by atoms with Crippen molar-refractivity contribution in [2.75, 3.05) is 5.32 Å². The van der Waals surface area contributed by atoms with Crippen LogP contribution in [-0.2, 0) is 19.4 Å². The Kier molecular flexibility index (Phi) is 5.69. The molecule has 0 aliphatic heterocycles. The lowest BCUT2D eigenvalue weighted by Crippen LogP contribution is -2.06. The molecular formula is C21H22FN7. The van der Waals surface area contributed by atoms with E-state index in [1.54, 1.807) is 30.7 Å².